The Hall–Kier alpha value is -1.63. The molecular weight excluding hydrogens is 226 g/mol. The van der Waals surface area contributed by atoms with Crippen LogP contribution in [0.5, 0.6) is 0 Å². The van der Waals surface area contributed by atoms with Gasteiger partial charge in [-0.05, 0) is 19.3 Å². The summed E-state index contributed by atoms with van der Waals surface area (Å²) in [5, 5.41) is 11.3. The minimum absolute atomic E-state index is 0.00292. The average Bonchev–Trinajstić information content (AvgIpc) is 3.03. The summed E-state index contributed by atoms with van der Waals surface area (Å²) in [5.74, 6) is -2.12. The molecule has 1 atom stereocenters. The van der Waals surface area contributed by atoms with Crippen molar-refractivity contribution in [2.24, 2.45) is 16.9 Å². The summed E-state index contributed by atoms with van der Waals surface area (Å²) in [6, 6.07) is -1.08. The van der Waals surface area contributed by atoms with E-state index in [2.05, 4.69) is 5.32 Å². The lowest BCUT2D eigenvalue weighted by Crippen LogP contribution is -2.46. The highest BCUT2D eigenvalue weighted by Gasteiger charge is 2.49. The molecule has 0 radical (unpaired) electrons. The highest BCUT2D eigenvalue weighted by atomic mass is 16.4. The Morgan fingerprint density at radius 1 is 1.35 bits per heavy atom. The molecule has 1 aliphatic carbocycles. The summed E-state index contributed by atoms with van der Waals surface area (Å²) in [7, 11) is 0. The van der Waals surface area contributed by atoms with E-state index in [1.165, 1.54) is 0 Å². The predicted molar refractivity (Wildman–Crippen MR) is 58.7 cm³/mol. The van der Waals surface area contributed by atoms with Gasteiger partial charge in [-0.25, -0.2) is 4.79 Å². The number of primary amides is 1. The van der Waals surface area contributed by atoms with Crippen LogP contribution in [0.3, 0.4) is 0 Å². The van der Waals surface area contributed by atoms with Crippen molar-refractivity contribution in [2.75, 3.05) is 6.54 Å². The summed E-state index contributed by atoms with van der Waals surface area (Å²) < 4.78 is 0. The zero-order chi connectivity index (χ0) is 13.1. The molecule has 1 aliphatic rings. The second-order valence-electron chi connectivity index (χ2n) is 4.35. The number of amides is 2. The minimum atomic E-state index is -1.17. The van der Waals surface area contributed by atoms with Crippen molar-refractivity contribution in [2.45, 2.75) is 31.7 Å². The summed E-state index contributed by atoms with van der Waals surface area (Å²) in [6.45, 7) is 0.209. The first kappa shape index (κ1) is 13.4. The molecule has 1 fully saturated rings. The van der Waals surface area contributed by atoms with Crippen LogP contribution in [0.15, 0.2) is 0 Å². The van der Waals surface area contributed by atoms with Crippen LogP contribution < -0.4 is 16.8 Å². The Morgan fingerprint density at radius 2 is 1.94 bits per heavy atom. The number of carboxylic acid groups (broad SMARTS) is 1. The molecule has 0 aromatic carbocycles. The van der Waals surface area contributed by atoms with Crippen molar-refractivity contribution >= 4 is 17.8 Å². The van der Waals surface area contributed by atoms with E-state index >= 15 is 0 Å². The van der Waals surface area contributed by atoms with Crippen LogP contribution in [0, 0.1) is 5.41 Å². The molecular formula is C10H17N3O4. The number of nitrogens with two attached hydrogens (primary N) is 2. The van der Waals surface area contributed by atoms with E-state index < -0.39 is 23.3 Å². The number of carboxylic acids is 1. The van der Waals surface area contributed by atoms with Crippen molar-refractivity contribution in [1.82, 2.24) is 5.32 Å². The average molecular weight is 243 g/mol. The monoisotopic (exact) mass is 243 g/mol. The maximum absolute atomic E-state index is 11.7. The third kappa shape index (κ3) is 3.42. The number of aliphatic carboxylic acids is 1. The number of hydrogen-bond acceptors (Lipinski definition) is 4. The molecule has 1 saturated carbocycles. The van der Waals surface area contributed by atoms with E-state index in [1.54, 1.807) is 0 Å². The molecule has 1 rings (SSSR count). The lowest BCUT2D eigenvalue weighted by molar-refractivity contribution is -0.143. The van der Waals surface area contributed by atoms with Crippen molar-refractivity contribution < 1.29 is 19.5 Å². The number of rotatable bonds is 7. The quantitative estimate of drug-likeness (QED) is 0.434. The summed E-state index contributed by atoms with van der Waals surface area (Å²) >= 11 is 0. The summed E-state index contributed by atoms with van der Waals surface area (Å²) in [5.41, 5.74) is 9.80. The molecule has 7 nitrogen and oxygen atoms in total. The zero-order valence-electron chi connectivity index (χ0n) is 9.44. The molecule has 1 unspecified atom stereocenters. The Balaban J connectivity index is 2.52. The molecule has 96 valence electrons. The van der Waals surface area contributed by atoms with Gasteiger partial charge in [-0.1, -0.05) is 0 Å². The third-order valence-corrected chi connectivity index (χ3v) is 3.01. The van der Waals surface area contributed by atoms with Crippen LogP contribution in [0.2, 0.25) is 0 Å². The van der Waals surface area contributed by atoms with Crippen LogP contribution in [-0.4, -0.2) is 35.5 Å². The normalized spacial score (nSPS) is 18.2. The van der Waals surface area contributed by atoms with E-state index in [4.69, 9.17) is 16.6 Å². The van der Waals surface area contributed by atoms with E-state index in [0.717, 1.165) is 0 Å². The van der Waals surface area contributed by atoms with Crippen LogP contribution >= 0.6 is 0 Å². The van der Waals surface area contributed by atoms with E-state index in [9.17, 15) is 14.4 Å². The standard InChI is InChI=1S/C10H17N3O4/c11-5-10(3-4-10)9(17)13-6(8(15)16)1-2-7(12)14/h6H,1-5,11H2,(H2,12,14)(H,13,17)(H,15,16). The third-order valence-electron chi connectivity index (χ3n) is 3.01. The first-order valence-corrected chi connectivity index (χ1v) is 5.43. The summed E-state index contributed by atoms with van der Waals surface area (Å²) in [4.78, 5) is 33.2. The van der Waals surface area contributed by atoms with Gasteiger partial charge in [-0.3, -0.25) is 9.59 Å². The maximum atomic E-state index is 11.7. The summed E-state index contributed by atoms with van der Waals surface area (Å²) in [6.07, 6.45) is 1.28. The van der Waals surface area contributed by atoms with Gasteiger partial charge in [0.25, 0.3) is 0 Å². The minimum Gasteiger partial charge on any atom is -0.480 e. The predicted octanol–water partition coefficient (Wildman–Crippen LogP) is -1.44. The van der Waals surface area contributed by atoms with Gasteiger partial charge in [0.1, 0.15) is 6.04 Å². The second-order valence-corrected chi connectivity index (χ2v) is 4.35. The van der Waals surface area contributed by atoms with E-state index in [-0.39, 0.29) is 25.3 Å². The zero-order valence-corrected chi connectivity index (χ0v) is 9.44. The van der Waals surface area contributed by atoms with Gasteiger partial charge < -0.3 is 21.9 Å². The molecule has 0 spiro atoms. The molecule has 0 bridgehead atoms. The lowest BCUT2D eigenvalue weighted by Gasteiger charge is -2.18. The second kappa shape index (κ2) is 5.13. The Kier molecular flexibility index (Phi) is 4.06. The SMILES string of the molecule is NCC1(C(=O)NC(CCC(N)=O)C(=O)O)CC1. The fourth-order valence-corrected chi connectivity index (χ4v) is 1.53. The van der Waals surface area contributed by atoms with Gasteiger partial charge in [0.2, 0.25) is 11.8 Å². The molecule has 17 heavy (non-hydrogen) atoms. The van der Waals surface area contributed by atoms with Crippen molar-refractivity contribution in [1.29, 1.82) is 0 Å². The van der Waals surface area contributed by atoms with Crippen LogP contribution in [0.4, 0.5) is 0 Å². The topological polar surface area (TPSA) is 136 Å². The fraction of sp³-hybridized carbons (Fsp3) is 0.700. The van der Waals surface area contributed by atoms with Gasteiger partial charge in [0.15, 0.2) is 0 Å². The van der Waals surface area contributed by atoms with Gasteiger partial charge in [-0.2, -0.15) is 0 Å². The Morgan fingerprint density at radius 3 is 2.29 bits per heavy atom. The van der Waals surface area contributed by atoms with Crippen molar-refractivity contribution in [3.63, 3.8) is 0 Å². The van der Waals surface area contributed by atoms with Crippen LogP contribution in [-0.2, 0) is 14.4 Å². The number of hydrogen-bond donors (Lipinski definition) is 4. The molecule has 0 saturated heterocycles. The molecule has 7 heteroatoms. The first-order valence-electron chi connectivity index (χ1n) is 5.43. The number of carbonyl (C=O) groups excluding carboxylic acids is 2. The van der Waals surface area contributed by atoms with Gasteiger partial charge in [0.05, 0.1) is 5.41 Å². The molecule has 0 aliphatic heterocycles. The van der Waals surface area contributed by atoms with E-state index in [1.807, 2.05) is 0 Å². The highest BCUT2D eigenvalue weighted by Crippen LogP contribution is 2.44. The smallest absolute Gasteiger partial charge is 0.326 e. The van der Waals surface area contributed by atoms with Crippen molar-refractivity contribution in [3.05, 3.63) is 0 Å². The molecule has 0 aromatic heterocycles. The first-order chi connectivity index (χ1) is 7.91. The lowest BCUT2D eigenvalue weighted by atomic mass is 10.0. The molecule has 0 aromatic rings. The molecule has 2 amide bonds. The van der Waals surface area contributed by atoms with Crippen LogP contribution in [0.25, 0.3) is 0 Å². The number of nitrogens with one attached hydrogen (secondary N) is 1. The molecule has 0 heterocycles. The largest absolute Gasteiger partial charge is 0.480 e. The Bertz CT molecular complexity index is 338. The maximum Gasteiger partial charge on any atom is 0.326 e. The van der Waals surface area contributed by atoms with Gasteiger partial charge >= 0.3 is 5.97 Å². The Labute approximate surface area is 98.5 Å². The fourth-order valence-electron chi connectivity index (χ4n) is 1.53. The highest BCUT2D eigenvalue weighted by molar-refractivity contribution is 5.89. The van der Waals surface area contributed by atoms with Gasteiger partial charge in [0, 0.05) is 13.0 Å². The van der Waals surface area contributed by atoms with Crippen LogP contribution in [0.1, 0.15) is 25.7 Å². The molecule has 6 N–H and O–H groups in total. The van der Waals surface area contributed by atoms with Gasteiger partial charge in [-0.15, -0.1) is 0 Å². The van der Waals surface area contributed by atoms with Crippen molar-refractivity contribution in [3.8, 4) is 0 Å². The van der Waals surface area contributed by atoms with E-state index in [0.29, 0.717) is 12.8 Å². The number of carbonyl (C=O) groups is 3.